The maximum atomic E-state index is 13.6. The molecule has 4 aromatic rings. The average molecular weight is 651 g/mol. The molecule has 6 unspecified atom stereocenters. The Morgan fingerprint density at radius 2 is 0.958 bits per heavy atom. The number of benzene rings is 4. The fourth-order valence-corrected chi connectivity index (χ4v) is 8.16. The van der Waals surface area contributed by atoms with Crippen molar-refractivity contribution < 1.29 is 28.5 Å². The quantitative estimate of drug-likeness (QED) is 0.146. The van der Waals surface area contributed by atoms with Gasteiger partial charge in [0.15, 0.2) is 0 Å². The summed E-state index contributed by atoms with van der Waals surface area (Å²) in [6.07, 6.45) is 4.14. The van der Waals surface area contributed by atoms with Crippen molar-refractivity contribution in [1.82, 2.24) is 0 Å². The van der Waals surface area contributed by atoms with E-state index in [1.807, 2.05) is 72.8 Å². The van der Waals surface area contributed by atoms with Crippen molar-refractivity contribution in [2.75, 3.05) is 0 Å². The zero-order valence-electron chi connectivity index (χ0n) is 29.2. The van der Waals surface area contributed by atoms with Gasteiger partial charge in [0.1, 0.15) is 23.7 Å². The van der Waals surface area contributed by atoms with Crippen LogP contribution in [0.15, 0.2) is 72.8 Å². The highest BCUT2D eigenvalue weighted by atomic mass is 16.7. The second kappa shape index (κ2) is 14.6. The minimum Gasteiger partial charge on any atom is -0.430 e. The smallest absolute Gasteiger partial charge is 0.430 e. The molecule has 254 valence electrons. The van der Waals surface area contributed by atoms with E-state index in [0.29, 0.717) is 46.3 Å². The Hall–Kier alpha value is -4.06. The SMILES string of the molecule is CC1CCC(C(C)C)C(OC(=O)Oc2ccc3ccccc3c2-c2c(OC(=O)OC3CC(C)CCC3C(C)C)ccc3ccccc23)C1. The van der Waals surface area contributed by atoms with E-state index in [4.69, 9.17) is 18.9 Å². The van der Waals surface area contributed by atoms with E-state index >= 15 is 0 Å². The van der Waals surface area contributed by atoms with E-state index < -0.39 is 12.3 Å². The van der Waals surface area contributed by atoms with Gasteiger partial charge in [-0.05, 0) is 94.9 Å². The van der Waals surface area contributed by atoms with Crippen LogP contribution in [-0.4, -0.2) is 24.5 Å². The predicted molar refractivity (Wildman–Crippen MR) is 191 cm³/mol. The maximum absolute atomic E-state index is 13.6. The molecule has 0 aliphatic heterocycles. The monoisotopic (exact) mass is 650 g/mol. The van der Waals surface area contributed by atoms with Gasteiger partial charge in [0, 0.05) is 11.1 Å². The normalized spacial score (nSPS) is 24.5. The molecule has 0 saturated heterocycles. The molecule has 6 atom stereocenters. The van der Waals surface area contributed by atoms with E-state index in [1.54, 1.807) is 0 Å². The molecule has 48 heavy (non-hydrogen) atoms. The third kappa shape index (κ3) is 7.33. The van der Waals surface area contributed by atoms with E-state index in [1.165, 1.54) is 0 Å². The lowest BCUT2D eigenvalue weighted by Gasteiger charge is -2.36. The Bertz CT molecular complexity index is 1630. The first-order valence-corrected chi connectivity index (χ1v) is 17.9. The van der Waals surface area contributed by atoms with Crippen molar-refractivity contribution in [2.45, 2.75) is 92.3 Å². The Morgan fingerprint density at radius 1 is 0.562 bits per heavy atom. The summed E-state index contributed by atoms with van der Waals surface area (Å²) in [5.41, 5.74) is 1.32. The Labute approximate surface area is 285 Å². The Balaban J connectivity index is 1.39. The summed E-state index contributed by atoms with van der Waals surface area (Å²) >= 11 is 0. The molecule has 0 bridgehead atoms. The predicted octanol–water partition coefficient (Wildman–Crippen LogP) is 11.6. The van der Waals surface area contributed by atoms with Gasteiger partial charge in [-0.3, -0.25) is 0 Å². The van der Waals surface area contributed by atoms with E-state index in [0.717, 1.165) is 60.1 Å². The fourth-order valence-electron chi connectivity index (χ4n) is 8.16. The van der Waals surface area contributed by atoms with E-state index in [9.17, 15) is 9.59 Å². The third-order valence-corrected chi connectivity index (χ3v) is 10.8. The average Bonchev–Trinajstić information content (AvgIpc) is 3.04. The zero-order valence-corrected chi connectivity index (χ0v) is 29.2. The molecule has 2 aliphatic rings. The van der Waals surface area contributed by atoms with Crippen LogP contribution in [0, 0.1) is 35.5 Å². The highest BCUT2D eigenvalue weighted by Crippen LogP contribution is 2.46. The van der Waals surface area contributed by atoms with Crippen LogP contribution in [0.25, 0.3) is 32.7 Å². The van der Waals surface area contributed by atoms with Crippen LogP contribution in [0.3, 0.4) is 0 Å². The molecular formula is C42H50O6. The van der Waals surface area contributed by atoms with Crippen molar-refractivity contribution in [3.05, 3.63) is 72.8 Å². The van der Waals surface area contributed by atoms with Gasteiger partial charge in [-0.15, -0.1) is 0 Å². The van der Waals surface area contributed by atoms with Crippen LogP contribution in [-0.2, 0) is 9.47 Å². The van der Waals surface area contributed by atoms with Crippen molar-refractivity contribution in [1.29, 1.82) is 0 Å². The van der Waals surface area contributed by atoms with Crippen LogP contribution in [0.2, 0.25) is 0 Å². The minimum absolute atomic E-state index is 0.200. The number of hydrogen-bond acceptors (Lipinski definition) is 6. The first-order chi connectivity index (χ1) is 23.1. The van der Waals surface area contributed by atoms with Crippen molar-refractivity contribution in [2.24, 2.45) is 35.5 Å². The fraction of sp³-hybridized carbons (Fsp3) is 0.476. The standard InChI is InChI=1S/C42H50O6/c1-25(2)31-19-15-27(5)23-37(31)47-41(43)45-35-21-17-29-11-7-9-13-33(29)39(35)40-34-14-10-8-12-30(34)18-22-36(40)46-42(44)48-38-24-28(6)16-20-32(38)26(3)4/h7-14,17-18,21-22,25-28,31-32,37-38H,15-16,19-20,23-24H2,1-6H3. The molecule has 0 N–H and O–H groups in total. The molecule has 2 saturated carbocycles. The molecule has 6 rings (SSSR count). The number of hydrogen-bond donors (Lipinski definition) is 0. The van der Waals surface area contributed by atoms with Crippen LogP contribution in [0.5, 0.6) is 11.5 Å². The lowest BCUT2D eigenvalue weighted by Crippen LogP contribution is -2.36. The number of carbonyl (C=O) groups excluding carboxylic acids is 2. The highest BCUT2D eigenvalue weighted by Gasteiger charge is 2.36. The Morgan fingerprint density at radius 3 is 1.35 bits per heavy atom. The molecule has 4 aromatic carbocycles. The van der Waals surface area contributed by atoms with Gasteiger partial charge >= 0.3 is 12.3 Å². The number of carbonyl (C=O) groups is 2. The molecule has 2 fully saturated rings. The summed E-state index contributed by atoms with van der Waals surface area (Å²) in [5.74, 6) is 3.03. The second-order valence-corrected chi connectivity index (χ2v) is 15.0. The van der Waals surface area contributed by atoms with Gasteiger partial charge in [-0.1, -0.05) is 115 Å². The number of ether oxygens (including phenoxy) is 4. The van der Waals surface area contributed by atoms with Gasteiger partial charge < -0.3 is 18.9 Å². The van der Waals surface area contributed by atoms with Gasteiger partial charge in [0.05, 0.1) is 0 Å². The molecular weight excluding hydrogens is 600 g/mol. The van der Waals surface area contributed by atoms with E-state index in [-0.39, 0.29) is 24.0 Å². The summed E-state index contributed by atoms with van der Waals surface area (Å²) in [4.78, 5) is 27.2. The molecule has 0 spiro atoms. The second-order valence-electron chi connectivity index (χ2n) is 15.0. The molecule has 6 nitrogen and oxygen atoms in total. The van der Waals surface area contributed by atoms with Crippen LogP contribution >= 0.6 is 0 Å². The maximum Gasteiger partial charge on any atom is 0.514 e. The number of fused-ring (bicyclic) bond motifs is 2. The topological polar surface area (TPSA) is 71.1 Å². The molecule has 2 aliphatic carbocycles. The molecule has 0 heterocycles. The largest absolute Gasteiger partial charge is 0.514 e. The molecule has 0 amide bonds. The first kappa shape index (κ1) is 33.8. The lowest BCUT2D eigenvalue weighted by atomic mass is 9.75. The van der Waals surface area contributed by atoms with Crippen molar-refractivity contribution >= 4 is 33.9 Å². The third-order valence-electron chi connectivity index (χ3n) is 10.8. The summed E-state index contributed by atoms with van der Waals surface area (Å²) in [6.45, 7) is 13.2. The summed E-state index contributed by atoms with van der Waals surface area (Å²) in [6, 6.07) is 23.4. The van der Waals surface area contributed by atoms with Gasteiger partial charge in [0.25, 0.3) is 0 Å². The van der Waals surface area contributed by atoms with Crippen LogP contribution in [0.4, 0.5) is 9.59 Å². The molecule has 0 radical (unpaired) electrons. The van der Waals surface area contributed by atoms with Gasteiger partial charge in [0.2, 0.25) is 0 Å². The zero-order chi connectivity index (χ0) is 33.9. The Kier molecular flexibility index (Phi) is 10.3. The summed E-state index contributed by atoms with van der Waals surface area (Å²) < 4.78 is 24.4. The van der Waals surface area contributed by atoms with Crippen molar-refractivity contribution in [3.63, 3.8) is 0 Å². The van der Waals surface area contributed by atoms with Crippen LogP contribution < -0.4 is 9.47 Å². The number of rotatable bonds is 7. The first-order valence-electron chi connectivity index (χ1n) is 17.9. The molecule has 6 heteroatoms. The highest BCUT2D eigenvalue weighted by molar-refractivity contribution is 6.10. The lowest BCUT2D eigenvalue weighted by molar-refractivity contribution is -0.0145. The van der Waals surface area contributed by atoms with Gasteiger partial charge in [-0.25, -0.2) is 9.59 Å². The summed E-state index contributed by atoms with van der Waals surface area (Å²) in [7, 11) is 0. The van der Waals surface area contributed by atoms with Crippen LogP contribution in [0.1, 0.15) is 80.1 Å². The van der Waals surface area contributed by atoms with E-state index in [2.05, 4.69) is 41.5 Å². The minimum atomic E-state index is -0.718. The van der Waals surface area contributed by atoms with Crippen molar-refractivity contribution in [3.8, 4) is 22.6 Å². The summed E-state index contributed by atoms with van der Waals surface area (Å²) in [5, 5.41) is 3.66. The van der Waals surface area contributed by atoms with Gasteiger partial charge in [-0.2, -0.15) is 0 Å². The molecule has 0 aromatic heterocycles.